The quantitative estimate of drug-likeness (QED) is 0.706. The molecule has 0 aliphatic heterocycles. The Morgan fingerprint density at radius 1 is 1.21 bits per heavy atom. The van der Waals surface area contributed by atoms with Gasteiger partial charge in [0.05, 0.1) is 12.2 Å². The van der Waals surface area contributed by atoms with Crippen molar-refractivity contribution in [2.75, 3.05) is 0 Å². The number of carboxylic acid groups (broad SMARTS) is 1. The van der Waals surface area contributed by atoms with Crippen molar-refractivity contribution in [3.63, 3.8) is 0 Å². The van der Waals surface area contributed by atoms with E-state index in [2.05, 4.69) is 0 Å². The van der Waals surface area contributed by atoms with Crippen molar-refractivity contribution in [1.29, 1.82) is 0 Å². The third kappa shape index (κ3) is 2.17. The maximum absolute atomic E-state index is 11.0. The molecule has 0 atom stereocenters. The Kier molecular flexibility index (Phi) is 2.99. The molecule has 0 fully saturated rings. The molecule has 14 heavy (non-hydrogen) atoms. The second-order valence-corrected chi connectivity index (χ2v) is 2.94. The fourth-order valence-electron chi connectivity index (χ4n) is 1.11. The van der Waals surface area contributed by atoms with Crippen LogP contribution in [0.5, 0.6) is 0 Å². The molecule has 0 unspecified atom stereocenters. The topological polar surface area (TPSA) is 74.6 Å². The number of Topliss-reactive ketones (excluding diaryl/α,β-unsaturated/α-hetero) is 1. The summed E-state index contributed by atoms with van der Waals surface area (Å²) in [5.41, 5.74) is 0.741. The Balaban J connectivity index is 3.27. The SMILES string of the molecule is CC(=O)c1cc(CO)cc(C(=O)O)c1. The normalized spacial score (nSPS) is 9.86. The van der Waals surface area contributed by atoms with Crippen LogP contribution in [0.3, 0.4) is 0 Å². The molecule has 0 aliphatic rings. The van der Waals surface area contributed by atoms with E-state index in [-0.39, 0.29) is 18.0 Å². The number of benzene rings is 1. The van der Waals surface area contributed by atoms with E-state index in [9.17, 15) is 9.59 Å². The monoisotopic (exact) mass is 194 g/mol. The lowest BCUT2D eigenvalue weighted by atomic mass is 10.0. The number of ketones is 1. The van der Waals surface area contributed by atoms with Gasteiger partial charge in [0, 0.05) is 5.56 Å². The van der Waals surface area contributed by atoms with E-state index in [1.807, 2.05) is 0 Å². The molecule has 1 aromatic carbocycles. The highest BCUT2D eigenvalue weighted by atomic mass is 16.4. The Bertz CT molecular complexity index is 349. The molecule has 1 rings (SSSR count). The molecule has 74 valence electrons. The fraction of sp³-hybridized carbons (Fsp3) is 0.200. The van der Waals surface area contributed by atoms with Crippen LogP contribution in [-0.4, -0.2) is 22.0 Å². The van der Waals surface area contributed by atoms with Crippen LogP contribution in [0.4, 0.5) is 0 Å². The summed E-state index contributed by atoms with van der Waals surface area (Å²) in [6.07, 6.45) is 0. The van der Waals surface area contributed by atoms with E-state index in [4.69, 9.17) is 10.2 Å². The van der Waals surface area contributed by atoms with Crippen molar-refractivity contribution < 1.29 is 19.8 Å². The number of hydrogen-bond donors (Lipinski definition) is 2. The van der Waals surface area contributed by atoms with Gasteiger partial charge in [-0.05, 0) is 30.7 Å². The van der Waals surface area contributed by atoms with Gasteiger partial charge in [-0.3, -0.25) is 4.79 Å². The molecule has 0 saturated heterocycles. The second kappa shape index (κ2) is 4.02. The summed E-state index contributed by atoms with van der Waals surface area (Å²) in [7, 11) is 0. The summed E-state index contributed by atoms with van der Waals surface area (Å²) in [6, 6.07) is 4.12. The number of hydrogen-bond acceptors (Lipinski definition) is 3. The van der Waals surface area contributed by atoms with Crippen LogP contribution in [0.2, 0.25) is 0 Å². The van der Waals surface area contributed by atoms with Gasteiger partial charge in [0.2, 0.25) is 0 Å². The summed E-state index contributed by atoms with van der Waals surface area (Å²) in [6.45, 7) is 1.07. The summed E-state index contributed by atoms with van der Waals surface area (Å²) >= 11 is 0. The molecule has 2 N–H and O–H groups in total. The number of aliphatic hydroxyl groups is 1. The lowest BCUT2D eigenvalue weighted by Crippen LogP contribution is -2.02. The van der Waals surface area contributed by atoms with E-state index < -0.39 is 5.97 Å². The third-order valence-electron chi connectivity index (χ3n) is 1.83. The molecular formula is C10H10O4. The highest BCUT2D eigenvalue weighted by Gasteiger charge is 2.08. The fourth-order valence-corrected chi connectivity index (χ4v) is 1.11. The van der Waals surface area contributed by atoms with Crippen LogP contribution in [0.15, 0.2) is 18.2 Å². The summed E-state index contributed by atoms with van der Waals surface area (Å²) in [5, 5.41) is 17.6. The molecule has 0 aliphatic carbocycles. The molecule has 1 aromatic rings. The predicted octanol–water partition coefficient (Wildman–Crippen LogP) is 1.08. The maximum atomic E-state index is 11.0. The largest absolute Gasteiger partial charge is 0.478 e. The highest BCUT2D eigenvalue weighted by molar-refractivity contribution is 5.97. The molecule has 0 bridgehead atoms. The first-order valence-corrected chi connectivity index (χ1v) is 4.03. The first-order chi connectivity index (χ1) is 6.54. The zero-order valence-corrected chi connectivity index (χ0v) is 7.65. The Hall–Kier alpha value is -1.68. The third-order valence-corrected chi connectivity index (χ3v) is 1.83. The van der Waals surface area contributed by atoms with Crippen LogP contribution in [0.1, 0.15) is 33.2 Å². The number of carboxylic acids is 1. The van der Waals surface area contributed by atoms with Crippen molar-refractivity contribution in [3.8, 4) is 0 Å². The van der Waals surface area contributed by atoms with Gasteiger partial charge < -0.3 is 10.2 Å². The van der Waals surface area contributed by atoms with Gasteiger partial charge >= 0.3 is 5.97 Å². The van der Waals surface area contributed by atoms with Gasteiger partial charge in [0.15, 0.2) is 5.78 Å². The van der Waals surface area contributed by atoms with E-state index in [0.29, 0.717) is 11.1 Å². The van der Waals surface area contributed by atoms with Gasteiger partial charge in [-0.2, -0.15) is 0 Å². The molecule has 0 spiro atoms. The molecule has 0 aromatic heterocycles. The molecular weight excluding hydrogens is 184 g/mol. The predicted molar refractivity (Wildman–Crippen MR) is 49.3 cm³/mol. The van der Waals surface area contributed by atoms with Gasteiger partial charge in [0.25, 0.3) is 0 Å². The zero-order valence-electron chi connectivity index (χ0n) is 7.65. The smallest absolute Gasteiger partial charge is 0.335 e. The number of aromatic carboxylic acids is 1. The van der Waals surface area contributed by atoms with Crippen molar-refractivity contribution in [2.45, 2.75) is 13.5 Å². The molecule has 4 heteroatoms. The van der Waals surface area contributed by atoms with Crippen LogP contribution in [0.25, 0.3) is 0 Å². The zero-order chi connectivity index (χ0) is 10.7. The van der Waals surface area contributed by atoms with E-state index >= 15 is 0 Å². The number of aliphatic hydroxyl groups excluding tert-OH is 1. The number of rotatable bonds is 3. The standard InChI is InChI=1S/C10H10O4/c1-6(12)8-2-7(5-11)3-9(4-8)10(13)14/h2-4,11H,5H2,1H3,(H,13,14). The van der Waals surface area contributed by atoms with Crippen LogP contribution in [0, 0.1) is 0 Å². The molecule has 0 heterocycles. The Morgan fingerprint density at radius 2 is 1.79 bits per heavy atom. The van der Waals surface area contributed by atoms with E-state index in [0.717, 1.165) is 0 Å². The minimum atomic E-state index is -1.11. The highest BCUT2D eigenvalue weighted by Crippen LogP contribution is 2.11. The number of carbonyl (C=O) groups excluding carboxylic acids is 1. The van der Waals surface area contributed by atoms with Crippen molar-refractivity contribution >= 4 is 11.8 Å². The van der Waals surface area contributed by atoms with Crippen LogP contribution < -0.4 is 0 Å². The Morgan fingerprint density at radius 3 is 2.21 bits per heavy atom. The molecule has 0 saturated carbocycles. The number of carbonyl (C=O) groups is 2. The first kappa shape index (κ1) is 10.4. The van der Waals surface area contributed by atoms with Crippen molar-refractivity contribution in [3.05, 3.63) is 34.9 Å². The van der Waals surface area contributed by atoms with E-state index in [1.54, 1.807) is 0 Å². The Labute approximate surface area is 80.8 Å². The molecule has 4 nitrogen and oxygen atoms in total. The summed E-state index contributed by atoms with van der Waals surface area (Å²) in [4.78, 5) is 21.7. The van der Waals surface area contributed by atoms with Gasteiger partial charge in [-0.25, -0.2) is 4.79 Å². The summed E-state index contributed by atoms with van der Waals surface area (Å²) in [5.74, 6) is -1.33. The average molecular weight is 194 g/mol. The van der Waals surface area contributed by atoms with Crippen LogP contribution in [-0.2, 0) is 6.61 Å². The summed E-state index contributed by atoms with van der Waals surface area (Å²) < 4.78 is 0. The second-order valence-electron chi connectivity index (χ2n) is 2.94. The lowest BCUT2D eigenvalue weighted by molar-refractivity contribution is 0.0696. The van der Waals surface area contributed by atoms with Gasteiger partial charge in [-0.1, -0.05) is 0 Å². The van der Waals surface area contributed by atoms with Crippen molar-refractivity contribution in [2.24, 2.45) is 0 Å². The van der Waals surface area contributed by atoms with Gasteiger partial charge in [-0.15, -0.1) is 0 Å². The van der Waals surface area contributed by atoms with E-state index in [1.165, 1.54) is 25.1 Å². The van der Waals surface area contributed by atoms with Gasteiger partial charge in [0.1, 0.15) is 0 Å². The minimum absolute atomic E-state index is 0.0155. The molecule has 0 radical (unpaired) electrons. The van der Waals surface area contributed by atoms with Crippen molar-refractivity contribution in [1.82, 2.24) is 0 Å². The molecule has 0 amide bonds. The maximum Gasteiger partial charge on any atom is 0.335 e. The first-order valence-electron chi connectivity index (χ1n) is 4.03. The van der Waals surface area contributed by atoms with Crippen LogP contribution >= 0.6 is 0 Å². The minimum Gasteiger partial charge on any atom is -0.478 e. The average Bonchev–Trinajstić information content (AvgIpc) is 2.16. The lowest BCUT2D eigenvalue weighted by Gasteiger charge is -2.02.